The van der Waals surface area contributed by atoms with Crippen molar-refractivity contribution in [1.29, 1.82) is 5.26 Å². The van der Waals surface area contributed by atoms with Crippen LogP contribution in [0.25, 0.3) is 0 Å². The fourth-order valence-corrected chi connectivity index (χ4v) is 1.67. The third-order valence-electron chi connectivity index (χ3n) is 2.77. The van der Waals surface area contributed by atoms with Gasteiger partial charge in [0.15, 0.2) is 0 Å². The smallest absolute Gasteiger partial charge is 0.255 e. The van der Waals surface area contributed by atoms with E-state index in [0.717, 1.165) is 6.07 Å². The third kappa shape index (κ3) is 2.81. The maximum absolute atomic E-state index is 13.6. The molecule has 0 fully saturated rings. The Morgan fingerprint density at radius 2 is 1.90 bits per heavy atom. The van der Waals surface area contributed by atoms with Gasteiger partial charge in [-0.15, -0.1) is 0 Å². The van der Waals surface area contributed by atoms with Gasteiger partial charge in [0.1, 0.15) is 11.6 Å². The largest absolute Gasteiger partial charge is 0.319 e. The van der Waals surface area contributed by atoms with Crippen LogP contribution in [0.1, 0.15) is 21.5 Å². The number of hydrogen-bond acceptors (Lipinski definition) is 2. The Labute approximate surface area is 114 Å². The van der Waals surface area contributed by atoms with Crippen LogP contribution in [-0.4, -0.2) is 5.91 Å². The summed E-state index contributed by atoms with van der Waals surface area (Å²) in [4.78, 5) is 11.9. The van der Waals surface area contributed by atoms with Crippen LogP contribution in [0.4, 0.5) is 14.5 Å². The fourth-order valence-electron chi connectivity index (χ4n) is 1.67. The van der Waals surface area contributed by atoms with Crippen LogP contribution in [0, 0.1) is 29.9 Å². The molecule has 20 heavy (non-hydrogen) atoms. The highest BCUT2D eigenvalue weighted by atomic mass is 19.1. The Hall–Kier alpha value is -2.74. The van der Waals surface area contributed by atoms with E-state index in [1.807, 2.05) is 0 Å². The summed E-state index contributed by atoms with van der Waals surface area (Å²) in [6.45, 7) is 1.54. The lowest BCUT2D eigenvalue weighted by atomic mass is 10.1. The van der Waals surface area contributed by atoms with E-state index in [1.165, 1.54) is 37.3 Å². The monoisotopic (exact) mass is 272 g/mol. The number of amides is 1. The molecule has 0 aliphatic carbocycles. The van der Waals surface area contributed by atoms with Crippen LogP contribution >= 0.6 is 0 Å². The van der Waals surface area contributed by atoms with Crippen LogP contribution < -0.4 is 5.32 Å². The standard InChI is InChI=1S/C15H10F2N2O/c1-9-6-11(3-4-12(9)16)15(20)19-14-5-2-10(8-18)7-13(14)17/h2-7H,1H3,(H,19,20). The first-order valence-electron chi connectivity index (χ1n) is 5.78. The van der Waals surface area contributed by atoms with E-state index in [1.54, 1.807) is 6.07 Å². The summed E-state index contributed by atoms with van der Waals surface area (Å²) in [7, 11) is 0. The minimum atomic E-state index is -0.698. The highest BCUT2D eigenvalue weighted by molar-refractivity contribution is 6.04. The van der Waals surface area contributed by atoms with Crippen LogP contribution in [0.3, 0.4) is 0 Å². The number of nitriles is 1. The van der Waals surface area contributed by atoms with Crippen LogP contribution in [0.15, 0.2) is 36.4 Å². The number of carbonyl (C=O) groups excluding carboxylic acids is 1. The lowest BCUT2D eigenvalue weighted by Gasteiger charge is -2.07. The molecule has 0 bridgehead atoms. The van der Waals surface area contributed by atoms with Gasteiger partial charge in [0.2, 0.25) is 0 Å². The van der Waals surface area contributed by atoms with Crippen molar-refractivity contribution >= 4 is 11.6 Å². The summed E-state index contributed by atoms with van der Waals surface area (Å²) in [6.07, 6.45) is 0. The van der Waals surface area contributed by atoms with Gasteiger partial charge < -0.3 is 5.32 Å². The van der Waals surface area contributed by atoms with E-state index < -0.39 is 17.5 Å². The van der Waals surface area contributed by atoms with Gasteiger partial charge in [-0.1, -0.05) is 0 Å². The Kier molecular flexibility index (Phi) is 3.76. The summed E-state index contributed by atoms with van der Waals surface area (Å²) in [6, 6.07) is 9.42. The first-order chi connectivity index (χ1) is 9.51. The zero-order valence-electron chi connectivity index (χ0n) is 10.6. The van der Waals surface area contributed by atoms with E-state index >= 15 is 0 Å². The van der Waals surface area contributed by atoms with Crippen molar-refractivity contribution in [3.63, 3.8) is 0 Å². The maximum atomic E-state index is 13.6. The van der Waals surface area contributed by atoms with Gasteiger partial charge in [-0.05, 0) is 48.9 Å². The van der Waals surface area contributed by atoms with E-state index in [4.69, 9.17) is 5.26 Å². The Morgan fingerprint density at radius 1 is 1.15 bits per heavy atom. The first-order valence-corrected chi connectivity index (χ1v) is 5.78. The van der Waals surface area contributed by atoms with Crippen LogP contribution in [-0.2, 0) is 0 Å². The van der Waals surface area contributed by atoms with Crippen molar-refractivity contribution in [3.8, 4) is 6.07 Å². The van der Waals surface area contributed by atoms with E-state index in [9.17, 15) is 13.6 Å². The van der Waals surface area contributed by atoms with Crippen molar-refractivity contribution < 1.29 is 13.6 Å². The van der Waals surface area contributed by atoms with Crippen LogP contribution in [0.2, 0.25) is 0 Å². The van der Waals surface area contributed by atoms with Gasteiger partial charge >= 0.3 is 0 Å². The molecule has 2 rings (SSSR count). The lowest BCUT2D eigenvalue weighted by Crippen LogP contribution is -2.13. The molecular weight excluding hydrogens is 262 g/mol. The number of nitrogens with zero attached hydrogens (tertiary/aromatic N) is 1. The molecule has 0 saturated heterocycles. The van der Waals surface area contributed by atoms with Gasteiger partial charge in [-0.2, -0.15) is 5.26 Å². The molecule has 0 radical (unpaired) electrons. The highest BCUT2D eigenvalue weighted by Gasteiger charge is 2.11. The van der Waals surface area contributed by atoms with Gasteiger partial charge in [0, 0.05) is 5.56 Å². The van der Waals surface area contributed by atoms with Gasteiger partial charge in [0.25, 0.3) is 5.91 Å². The minimum absolute atomic E-state index is 0.0315. The fraction of sp³-hybridized carbons (Fsp3) is 0.0667. The molecule has 0 unspecified atom stereocenters. The summed E-state index contributed by atoms with van der Waals surface area (Å²) in [5, 5.41) is 11.0. The molecule has 1 amide bonds. The molecule has 0 atom stereocenters. The van der Waals surface area contributed by atoms with Crippen molar-refractivity contribution in [2.24, 2.45) is 0 Å². The lowest BCUT2D eigenvalue weighted by molar-refractivity contribution is 0.102. The molecule has 2 aromatic rings. The quantitative estimate of drug-likeness (QED) is 0.911. The number of benzene rings is 2. The molecule has 0 aromatic heterocycles. The molecular formula is C15H10F2N2O. The Bertz CT molecular complexity index is 720. The predicted octanol–water partition coefficient (Wildman–Crippen LogP) is 3.40. The van der Waals surface area contributed by atoms with Crippen molar-refractivity contribution in [2.45, 2.75) is 6.92 Å². The average Bonchev–Trinajstić information content (AvgIpc) is 2.43. The highest BCUT2D eigenvalue weighted by Crippen LogP contribution is 2.17. The number of nitrogens with one attached hydrogen (secondary N) is 1. The topological polar surface area (TPSA) is 52.9 Å². The molecule has 5 heteroatoms. The van der Waals surface area contributed by atoms with Gasteiger partial charge in [-0.3, -0.25) is 4.79 Å². The molecule has 0 heterocycles. The van der Waals surface area contributed by atoms with E-state index in [0.29, 0.717) is 5.56 Å². The number of anilines is 1. The molecule has 0 aliphatic rings. The van der Waals surface area contributed by atoms with Crippen molar-refractivity contribution in [3.05, 3.63) is 64.7 Å². The summed E-state index contributed by atoms with van der Waals surface area (Å²) < 4.78 is 26.7. The number of hydrogen-bond donors (Lipinski definition) is 1. The van der Waals surface area contributed by atoms with E-state index in [-0.39, 0.29) is 16.8 Å². The molecule has 0 aliphatic heterocycles. The molecule has 0 spiro atoms. The van der Waals surface area contributed by atoms with Crippen LogP contribution in [0.5, 0.6) is 0 Å². The Morgan fingerprint density at radius 3 is 2.50 bits per heavy atom. The average molecular weight is 272 g/mol. The zero-order chi connectivity index (χ0) is 14.7. The number of halogens is 2. The number of rotatable bonds is 2. The first kappa shape index (κ1) is 13.7. The third-order valence-corrected chi connectivity index (χ3v) is 2.77. The predicted molar refractivity (Wildman–Crippen MR) is 70.2 cm³/mol. The van der Waals surface area contributed by atoms with Crippen molar-refractivity contribution in [2.75, 3.05) is 5.32 Å². The molecule has 2 aromatic carbocycles. The number of aryl methyl sites for hydroxylation is 1. The Balaban J connectivity index is 2.23. The molecule has 100 valence electrons. The molecule has 3 nitrogen and oxygen atoms in total. The second-order valence-electron chi connectivity index (χ2n) is 4.22. The van der Waals surface area contributed by atoms with Gasteiger partial charge in [0.05, 0.1) is 17.3 Å². The zero-order valence-corrected chi connectivity index (χ0v) is 10.6. The van der Waals surface area contributed by atoms with E-state index in [2.05, 4.69) is 5.32 Å². The normalized spacial score (nSPS) is 9.90. The second kappa shape index (κ2) is 5.49. The SMILES string of the molecule is Cc1cc(C(=O)Nc2ccc(C#N)cc2F)ccc1F. The maximum Gasteiger partial charge on any atom is 0.255 e. The summed E-state index contributed by atoms with van der Waals surface area (Å²) in [5.74, 6) is -1.65. The summed E-state index contributed by atoms with van der Waals surface area (Å²) >= 11 is 0. The number of carbonyl (C=O) groups is 1. The molecule has 0 saturated carbocycles. The molecule has 1 N–H and O–H groups in total. The van der Waals surface area contributed by atoms with Gasteiger partial charge in [-0.25, -0.2) is 8.78 Å². The second-order valence-corrected chi connectivity index (χ2v) is 4.22. The minimum Gasteiger partial charge on any atom is -0.319 e. The summed E-state index contributed by atoms with van der Waals surface area (Å²) in [5.41, 5.74) is 0.694. The van der Waals surface area contributed by atoms with Crippen molar-refractivity contribution in [1.82, 2.24) is 0 Å².